The zero-order valence-corrected chi connectivity index (χ0v) is 28.0. The topological polar surface area (TPSA) is 149 Å². The van der Waals surface area contributed by atoms with Gasteiger partial charge in [0.2, 0.25) is 5.91 Å². The molecule has 252 valence electrons. The van der Waals surface area contributed by atoms with E-state index in [4.69, 9.17) is 15.2 Å². The molecule has 5 rings (SSSR count). The monoisotopic (exact) mass is 686 g/mol. The Morgan fingerprint density at radius 3 is 2.14 bits per heavy atom. The Morgan fingerprint density at radius 1 is 0.740 bits per heavy atom. The molecule has 11 heteroatoms. The minimum atomic E-state index is -0.732. The van der Waals surface area contributed by atoms with Crippen LogP contribution in [0.5, 0.6) is 11.5 Å². The summed E-state index contributed by atoms with van der Waals surface area (Å²) in [5.41, 5.74) is 8.00. The van der Waals surface area contributed by atoms with Crippen molar-refractivity contribution in [1.82, 2.24) is 5.32 Å². The fourth-order valence-electron chi connectivity index (χ4n) is 4.94. The number of rotatable bonds is 13. The molecule has 0 saturated carbocycles. The van der Waals surface area contributed by atoms with Gasteiger partial charge in [-0.3, -0.25) is 19.2 Å². The van der Waals surface area contributed by atoms with Crippen LogP contribution in [0.2, 0.25) is 0 Å². The summed E-state index contributed by atoms with van der Waals surface area (Å²) in [5.74, 6) is -1.11. The Kier molecular flexibility index (Phi) is 11.7. The summed E-state index contributed by atoms with van der Waals surface area (Å²) >= 11 is 1.26. The fourth-order valence-corrected chi connectivity index (χ4v) is 6.02. The lowest BCUT2D eigenvalue weighted by molar-refractivity contribution is -0.116. The Labute approximate surface area is 293 Å². The van der Waals surface area contributed by atoms with Gasteiger partial charge in [0, 0.05) is 21.7 Å². The van der Waals surface area contributed by atoms with Crippen LogP contribution < -0.4 is 31.2 Å². The predicted octanol–water partition coefficient (Wildman–Crippen LogP) is 6.68. The highest BCUT2D eigenvalue weighted by Crippen LogP contribution is 2.37. The number of para-hydroxylation sites is 1. The van der Waals surface area contributed by atoms with E-state index in [1.54, 1.807) is 91.0 Å². The van der Waals surface area contributed by atoms with Gasteiger partial charge in [-0.15, -0.1) is 11.8 Å². The number of thioether (sulfide) groups is 1. The number of ether oxygens (including phenoxy) is 2. The number of nitrogens with two attached hydrogens (primary N) is 1. The molecule has 0 heterocycles. The molecular formula is C39H34N4O6S. The zero-order chi connectivity index (χ0) is 35.5. The van der Waals surface area contributed by atoms with Gasteiger partial charge in [0.15, 0.2) is 0 Å². The van der Waals surface area contributed by atoms with Crippen molar-refractivity contribution in [3.05, 3.63) is 155 Å². The normalized spacial score (nSPS) is 11.5. The van der Waals surface area contributed by atoms with E-state index < -0.39 is 23.0 Å². The Balaban J connectivity index is 1.42. The van der Waals surface area contributed by atoms with Crippen LogP contribution in [0, 0.1) is 0 Å². The predicted molar refractivity (Wildman–Crippen MR) is 195 cm³/mol. The summed E-state index contributed by atoms with van der Waals surface area (Å²) < 4.78 is 10.9. The molecule has 0 aliphatic heterocycles. The lowest BCUT2D eigenvalue weighted by atomic mass is 10.1. The average molecular weight is 687 g/mol. The summed E-state index contributed by atoms with van der Waals surface area (Å²) in [5, 5.41) is 7.72. The first-order chi connectivity index (χ1) is 24.2. The highest BCUT2D eigenvalue weighted by Gasteiger charge is 2.24. The van der Waals surface area contributed by atoms with Gasteiger partial charge in [-0.1, -0.05) is 66.7 Å². The molecule has 0 aromatic heterocycles. The zero-order valence-electron chi connectivity index (χ0n) is 27.2. The van der Waals surface area contributed by atoms with Gasteiger partial charge in [0.05, 0.1) is 25.5 Å². The third-order valence-corrected chi connectivity index (χ3v) is 8.65. The number of hydrogen-bond donors (Lipinski definition) is 4. The van der Waals surface area contributed by atoms with Crippen molar-refractivity contribution in [2.75, 3.05) is 24.9 Å². The van der Waals surface area contributed by atoms with E-state index in [-0.39, 0.29) is 17.2 Å². The van der Waals surface area contributed by atoms with Crippen LogP contribution in [-0.2, 0) is 9.59 Å². The number of benzene rings is 5. The standard InChI is InChI=1S/C39H34N4O6S/c1-48-29-20-21-34(49-2)27(22-29)23-33(43-37(45)26-14-7-4-8-15-26)38(46)41-28-16-11-17-30(24-28)50-35(25-12-5-3-6-13-25)39(47)42-32-19-10-9-18-31(32)36(40)44/h3-24,35H,1-2H3,(H2,40,44)(H,41,46)(H,42,47)(H,43,45)/b33-23+. The molecule has 0 spiro atoms. The van der Waals surface area contributed by atoms with Gasteiger partial charge >= 0.3 is 0 Å². The molecule has 5 aromatic rings. The maximum Gasteiger partial charge on any atom is 0.272 e. The summed E-state index contributed by atoms with van der Waals surface area (Å²) in [4.78, 5) is 53.4. The number of anilines is 2. The highest BCUT2D eigenvalue weighted by molar-refractivity contribution is 8.00. The first-order valence-electron chi connectivity index (χ1n) is 15.4. The molecule has 4 amide bonds. The van der Waals surface area contributed by atoms with E-state index >= 15 is 0 Å². The number of amides is 4. The van der Waals surface area contributed by atoms with Gasteiger partial charge in [0.1, 0.15) is 22.4 Å². The van der Waals surface area contributed by atoms with Crippen molar-refractivity contribution in [2.45, 2.75) is 10.1 Å². The van der Waals surface area contributed by atoms with Crippen LogP contribution in [0.4, 0.5) is 11.4 Å². The lowest BCUT2D eigenvalue weighted by Gasteiger charge is -2.19. The van der Waals surface area contributed by atoms with Crippen LogP contribution in [0.25, 0.3) is 6.08 Å². The number of carbonyl (C=O) groups is 4. The Morgan fingerprint density at radius 2 is 1.44 bits per heavy atom. The lowest BCUT2D eigenvalue weighted by Crippen LogP contribution is -2.30. The van der Waals surface area contributed by atoms with E-state index in [0.717, 1.165) is 5.56 Å². The highest BCUT2D eigenvalue weighted by atomic mass is 32.2. The van der Waals surface area contributed by atoms with Crippen LogP contribution in [0.3, 0.4) is 0 Å². The molecule has 10 nitrogen and oxygen atoms in total. The van der Waals surface area contributed by atoms with Crippen molar-refractivity contribution < 1.29 is 28.7 Å². The maximum absolute atomic E-state index is 13.8. The summed E-state index contributed by atoms with van der Waals surface area (Å²) in [6, 6.07) is 36.4. The first kappa shape index (κ1) is 35.0. The van der Waals surface area contributed by atoms with Gasteiger partial charge in [0.25, 0.3) is 17.7 Å². The van der Waals surface area contributed by atoms with Crippen molar-refractivity contribution in [1.29, 1.82) is 0 Å². The Hall–Kier alpha value is -6.33. The minimum Gasteiger partial charge on any atom is -0.497 e. The molecule has 0 saturated heterocycles. The smallest absolute Gasteiger partial charge is 0.272 e. The van der Waals surface area contributed by atoms with E-state index in [1.807, 2.05) is 36.4 Å². The van der Waals surface area contributed by atoms with Gasteiger partial charge < -0.3 is 31.2 Å². The second-order valence-electron chi connectivity index (χ2n) is 10.8. The van der Waals surface area contributed by atoms with E-state index in [2.05, 4.69) is 16.0 Å². The number of carbonyl (C=O) groups excluding carboxylic acids is 4. The van der Waals surface area contributed by atoms with E-state index in [0.29, 0.717) is 38.9 Å². The van der Waals surface area contributed by atoms with Crippen molar-refractivity contribution in [2.24, 2.45) is 5.73 Å². The molecular weight excluding hydrogens is 653 g/mol. The van der Waals surface area contributed by atoms with Gasteiger partial charge in [-0.05, 0) is 72.3 Å². The molecule has 1 atom stereocenters. The Bertz CT molecular complexity index is 2040. The third kappa shape index (κ3) is 8.97. The molecule has 0 fully saturated rings. The maximum atomic E-state index is 13.8. The first-order valence-corrected chi connectivity index (χ1v) is 16.3. The van der Waals surface area contributed by atoms with Crippen molar-refractivity contribution in [3.63, 3.8) is 0 Å². The van der Waals surface area contributed by atoms with E-state index in [9.17, 15) is 19.2 Å². The van der Waals surface area contributed by atoms with Gasteiger partial charge in [-0.2, -0.15) is 0 Å². The van der Waals surface area contributed by atoms with Gasteiger partial charge in [-0.25, -0.2) is 0 Å². The average Bonchev–Trinajstić information content (AvgIpc) is 3.14. The number of methoxy groups -OCH3 is 2. The second-order valence-corrected chi connectivity index (χ2v) is 12.0. The second kappa shape index (κ2) is 16.7. The van der Waals surface area contributed by atoms with Crippen molar-refractivity contribution >= 4 is 52.8 Å². The van der Waals surface area contributed by atoms with Crippen LogP contribution in [-0.4, -0.2) is 37.8 Å². The molecule has 1 unspecified atom stereocenters. The van der Waals surface area contributed by atoms with Crippen LogP contribution in [0.1, 0.15) is 37.1 Å². The SMILES string of the molecule is COc1ccc(OC)c(/C=C(/NC(=O)c2ccccc2)C(=O)Nc2cccc(SC(C(=O)Nc3ccccc3C(N)=O)c3ccccc3)c2)c1. The summed E-state index contributed by atoms with van der Waals surface area (Å²) in [6.45, 7) is 0. The largest absolute Gasteiger partial charge is 0.497 e. The molecule has 50 heavy (non-hydrogen) atoms. The number of nitrogens with one attached hydrogen (secondary N) is 3. The third-order valence-electron chi connectivity index (χ3n) is 7.40. The minimum absolute atomic E-state index is 0.0434. The quantitative estimate of drug-likeness (QED) is 0.0797. The summed E-state index contributed by atoms with van der Waals surface area (Å²) in [6.07, 6.45) is 1.51. The van der Waals surface area contributed by atoms with Crippen LogP contribution in [0.15, 0.2) is 138 Å². The summed E-state index contributed by atoms with van der Waals surface area (Å²) in [7, 11) is 3.03. The number of primary amides is 1. The molecule has 0 radical (unpaired) electrons. The fraction of sp³-hybridized carbons (Fsp3) is 0.0769. The van der Waals surface area contributed by atoms with Crippen molar-refractivity contribution in [3.8, 4) is 11.5 Å². The molecule has 5 N–H and O–H groups in total. The molecule has 0 aliphatic rings. The van der Waals surface area contributed by atoms with Crippen LogP contribution >= 0.6 is 11.8 Å². The molecule has 0 aliphatic carbocycles. The van der Waals surface area contributed by atoms with E-state index in [1.165, 1.54) is 32.1 Å². The number of hydrogen-bond acceptors (Lipinski definition) is 7. The molecule has 5 aromatic carbocycles. The molecule has 0 bridgehead atoms.